The standard InChI is InChI=1S/C16H11BrN2O2/c17-15-8-7-14(21-15)16(20)19-10-11-4-3-9-18(11)12-5-1-2-6-13(12)19/h1-9H,10H2. The molecular formula is C16H11BrN2O2. The van der Waals surface area contributed by atoms with Crippen LogP contribution in [0.25, 0.3) is 5.69 Å². The third-order valence-electron chi connectivity index (χ3n) is 3.61. The van der Waals surface area contributed by atoms with E-state index >= 15 is 0 Å². The van der Waals surface area contributed by atoms with Crippen LogP contribution in [0, 0.1) is 0 Å². The number of hydrogen-bond acceptors (Lipinski definition) is 2. The molecule has 3 aromatic rings. The topological polar surface area (TPSA) is 38.4 Å². The van der Waals surface area contributed by atoms with Gasteiger partial charge in [0.15, 0.2) is 10.4 Å². The molecule has 0 atom stereocenters. The smallest absolute Gasteiger partial charge is 0.294 e. The Labute approximate surface area is 129 Å². The molecule has 1 aliphatic heterocycles. The summed E-state index contributed by atoms with van der Waals surface area (Å²) in [5.74, 6) is 0.192. The number of carbonyl (C=O) groups is 1. The van der Waals surface area contributed by atoms with Crippen LogP contribution in [0.1, 0.15) is 16.2 Å². The molecule has 0 N–H and O–H groups in total. The van der Waals surface area contributed by atoms with E-state index in [1.54, 1.807) is 17.0 Å². The molecule has 21 heavy (non-hydrogen) atoms. The molecule has 1 aromatic carbocycles. The van der Waals surface area contributed by atoms with Crippen LogP contribution >= 0.6 is 15.9 Å². The van der Waals surface area contributed by atoms with Gasteiger partial charge < -0.3 is 8.98 Å². The van der Waals surface area contributed by atoms with E-state index in [4.69, 9.17) is 4.42 Å². The van der Waals surface area contributed by atoms with E-state index in [0.717, 1.165) is 17.1 Å². The van der Waals surface area contributed by atoms with Crippen LogP contribution in [-0.2, 0) is 6.54 Å². The van der Waals surface area contributed by atoms with Crippen LogP contribution in [0.2, 0.25) is 0 Å². The van der Waals surface area contributed by atoms with Crippen LogP contribution in [-0.4, -0.2) is 10.5 Å². The summed E-state index contributed by atoms with van der Waals surface area (Å²) in [6.45, 7) is 0.529. The van der Waals surface area contributed by atoms with Crippen molar-refractivity contribution in [3.63, 3.8) is 0 Å². The average Bonchev–Trinajstić information content (AvgIpc) is 3.14. The third kappa shape index (κ3) is 1.93. The van der Waals surface area contributed by atoms with Gasteiger partial charge in [-0.3, -0.25) is 9.69 Å². The highest BCUT2D eigenvalue weighted by Gasteiger charge is 2.28. The van der Waals surface area contributed by atoms with Gasteiger partial charge in [-0.05, 0) is 52.3 Å². The predicted molar refractivity (Wildman–Crippen MR) is 82.7 cm³/mol. The summed E-state index contributed by atoms with van der Waals surface area (Å²) in [6.07, 6.45) is 2.01. The molecule has 0 unspecified atom stereocenters. The second-order valence-corrected chi connectivity index (χ2v) is 5.63. The minimum absolute atomic E-state index is 0.138. The molecule has 1 aliphatic rings. The fourth-order valence-electron chi connectivity index (χ4n) is 2.67. The normalized spacial score (nSPS) is 12.9. The Morgan fingerprint density at radius 2 is 1.86 bits per heavy atom. The Kier molecular flexibility index (Phi) is 2.75. The first-order valence-electron chi connectivity index (χ1n) is 6.57. The number of nitrogens with zero attached hydrogens (tertiary/aromatic N) is 2. The largest absolute Gasteiger partial charge is 0.444 e. The maximum atomic E-state index is 12.7. The molecule has 3 heterocycles. The van der Waals surface area contributed by atoms with Crippen LogP contribution in [0.5, 0.6) is 0 Å². The Morgan fingerprint density at radius 1 is 1.05 bits per heavy atom. The van der Waals surface area contributed by atoms with E-state index in [2.05, 4.69) is 20.5 Å². The number of rotatable bonds is 1. The van der Waals surface area contributed by atoms with E-state index in [9.17, 15) is 4.79 Å². The van der Waals surface area contributed by atoms with Crippen molar-refractivity contribution in [2.24, 2.45) is 0 Å². The van der Waals surface area contributed by atoms with Gasteiger partial charge in [0, 0.05) is 11.9 Å². The highest BCUT2D eigenvalue weighted by molar-refractivity contribution is 9.10. The summed E-state index contributed by atoms with van der Waals surface area (Å²) in [7, 11) is 0. The fourth-order valence-corrected chi connectivity index (χ4v) is 2.97. The van der Waals surface area contributed by atoms with Gasteiger partial charge in [-0.15, -0.1) is 0 Å². The molecule has 5 heteroatoms. The van der Waals surface area contributed by atoms with Crippen molar-refractivity contribution >= 4 is 27.5 Å². The van der Waals surface area contributed by atoms with Gasteiger partial charge in [0.1, 0.15) is 0 Å². The fraction of sp³-hybridized carbons (Fsp3) is 0.0625. The molecule has 1 amide bonds. The quantitative estimate of drug-likeness (QED) is 0.670. The number of furan rings is 1. The number of para-hydroxylation sites is 2. The summed E-state index contributed by atoms with van der Waals surface area (Å²) in [5.41, 5.74) is 2.97. The van der Waals surface area contributed by atoms with Crippen molar-refractivity contribution in [1.82, 2.24) is 4.57 Å². The van der Waals surface area contributed by atoms with Gasteiger partial charge in [-0.25, -0.2) is 0 Å². The summed E-state index contributed by atoms with van der Waals surface area (Å²) >= 11 is 3.23. The van der Waals surface area contributed by atoms with Gasteiger partial charge in [0.25, 0.3) is 5.91 Å². The Bertz CT molecular complexity index is 834. The number of benzene rings is 1. The molecule has 0 spiro atoms. The number of hydrogen-bond donors (Lipinski definition) is 0. The first kappa shape index (κ1) is 12.5. The molecule has 0 aliphatic carbocycles. The van der Waals surface area contributed by atoms with Gasteiger partial charge in [-0.1, -0.05) is 12.1 Å². The minimum Gasteiger partial charge on any atom is -0.444 e. The lowest BCUT2D eigenvalue weighted by molar-refractivity contribution is 0.0956. The number of amides is 1. The maximum Gasteiger partial charge on any atom is 0.294 e. The summed E-state index contributed by atoms with van der Waals surface area (Å²) in [4.78, 5) is 14.5. The van der Waals surface area contributed by atoms with Crippen molar-refractivity contribution in [1.29, 1.82) is 0 Å². The molecule has 4 nitrogen and oxygen atoms in total. The van der Waals surface area contributed by atoms with Crippen LogP contribution in [0.4, 0.5) is 5.69 Å². The zero-order chi connectivity index (χ0) is 14.4. The number of fused-ring (bicyclic) bond motifs is 3. The van der Waals surface area contributed by atoms with E-state index in [-0.39, 0.29) is 5.91 Å². The average molecular weight is 343 g/mol. The Hall–Kier alpha value is -2.27. The molecular weight excluding hydrogens is 332 g/mol. The van der Waals surface area contributed by atoms with Crippen molar-refractivity contribution < 1.29 is 9.21 Å². The second-order valence-electron chi connectivity index (χ2n) is 4.85. The molecule has 4 rings (SSSR count). The highest BCUT2D eigenvalue weighted by Crippen LogP contribution is 2.33. The number of carbonyl (C=O) groups excluding carboxylic acids is 1. The van der Waals surface area contributed by atoms with Crippen LogP contribution in [0.3, 0.4) is 0 Å². The summed E-state index contributed by atoms with van der Waals surface area (Å²) < 4.78 is 8.07. The summed E-state index contributed by atoms with van der Waals surface area (Å²) in [6, 6.07) is 15.3. The van der Waals surface area contributed by atoms with Gasteiger partial charge in [-0.2, -0.15) is 0 Å². The Balaban J connectivity index is 1.83. The van der Waals surface area contributed by atoms with E-state index in [0.29, 0.717) is 17.0 Å². The number of anilines is 1. The summed E-state index contributed by atoms with van der Waals surface area (Å²) in [5, 5.41) is 0. The molecule has 104 valence electrons. The predicted octanol–water partition coefficient (Wildman–Crippen LogP) is 3.99. The lowest BCUT2D eigenvalue weighted by Crippen LogP contribution is -2.34. The maximum absolute atomic E-state index is 12.7. The highest BCUT2D eigenvalue weighted by atomic mass is 79.9. The molecule has 2 aromatic heterocycles. The zero-order valence-electron chi connectivity index (χ0n) is 11.0. The first-order valence-corrected chi connectivity index (χ1v) is 7.36. The van der Waals surface area contributed by atoms with Gasteiger partial charge >= 0.3 is 0 Å². The van der Waals surface area contributed by atoms with E-state index in [1.165, 1.54) is 0 Å². The van der Waals surface area contributed by atoms with Crippen molar-refractivity contribution in [2.45, 2.75) is 6.54 Å². The Morgan fingerprint density at radius 3 is 2.62 bits per heavy atom. The van der Waals surface area contributed by atoms with E-state index in [1.807, 2.05) is 42.6 Å². The van der Waals surface area contributed by atoms with Crippen molar-refractivity contribution in [3.05, 3.63) is 70.9 Å². The zero-order valence-corrected chi connectivity index (χ0v) is 12.6. The van der Waals surface area contributed by atoms with Crippen molar-refractivity contribution in [3.8, 4) is 5.69 Å². The lowest BCUT2D eigenvalue weighted by Gasteiger charge is -2.30. The third-order valence-corrected chi connectivity index (χ3v) is 4.04. The monoisotopic (exact) mass is 342 g/mol. The second kappa shape index (κ2) is 4.63. The minimum atomic E-state index is -0.138. The molecule has 0 radical (unpaired) electrons. The van der Waals surface area contributed by atoms with Crippen LogP contribution < -0.4 is 4.90 Å². The molecule has 0 bridgehead atoms. The first-order chi connectivity index (χ1) is 10.2. The number of halogens is 1. The number of aromatic nitrogens is 1. The van der Waals surface area contributed by atoms with Gasteiger partial charge in [0.05, 0.1) is 17.9 Å². The van der Waals surface area contributed by atoms with Gasteiger partial charge in [0.2, 0.25) is 0 Å². The lowest BCUT2D eigenvalue weighted by atomic mass is 10.1. The van der Waals surface area contributed by atoms with Crippen LogP contribution in [0.15, 0.2) is 63.8 Å². The molecule has 0 saturated heterocycles. The van der Waals surface area contributed by atoms with E-state index < -0.39 is 0 Å². The van der Waals surface area contributed by atoms with Crippen molar-refractivity contribution in [2.75, 3.05) is 4.90 Å². The molecule has 0 fully saturated rings. The SMILES string of the molecule is O=C(c1ccc(Br)o1)N1Cc2cccn2-c2ccccc21. The molecule has 0 saturated carbocycles.